The van der Waals surface area contributed by atoms with Gasteiger partial charge in [0.05, 0.1) is 36.2 Å². The molecule has 0 spiro atoms. The summed E-state index contributed by atoms with van der Waals surface area (Å²) in [6, 6.07) is 11.2. The van der Waals surface area contributed by atoms with Crippen LogP contribution in [0.2, 0.25) is 5.02 Å². The summed E-state index contributed by atoms with van der Waals surface area (Å²) in [6.07, 6.45) is 1.75. The Balaban J connectivity index is 1.99. The maximum Gasteiger partial charge on any atom is 0.280 e. The van der Waals surface area contributed by atoms with Gasteiger partial charge >= 0.3 is 0 Å². The Morgan fingerprint density at radius 2 is 1.88 bits per heavy atom. The molecule has 0 aliphatic carbocycles. The average molecular weight is 371 g/mol. The van der Waals surface area contributed by atoms with Crippen LogP contribution >= 0.6 is 11.6 Å². The molecule has 3 rings (SSSR count). The van der Waals surface area contributed by atoms with Gasteiger partial charge in [0.15, 0.2) is 11.5 Å². The number of benzene rings is 2. The van der Waals surface area contributed by atoms with Crippen LogP contribution in [0.4, 0.5) is 5.69 Å². The van der Waals surface area contributed by atoms with Crippen molar-refractivity contribution < 1.29 is 14.3 Å². The molecule has 2 aromatic carbocycles. The lowest BCUT2D eigenvalue weighted by Crippen LogP contribution is -2.21. The van der Waals surface area contributed by atoms with Gasteiger partial charge in [-0.1, -0.05) is 23.7 Å². The highest BCUT2D eigenvalue weighted by atomic mass is 35.5. The second kappa shape index (κ2) is 7.22. The van der Waals surface area contributed by atoms with Crippen LogP contribution in [0.5, 0.6) is 11.5 Å². The molecule has 26 heavy (non-hydrogen) atoms. The second-order valence-electron chi connectivity index (χ2n) is 5.94. The Labute approximate surface area is 157 Å². The molecule has 0 saturated carbocycles. The zero-order chi connectivity index (χ0) is 18.8. The van der Waals surface area contributed by atoms with Crippen molar-refractivity contribution in [3.05, 3.63) is 58.1 Å². The molecule has 0 aromatic heterocycles. The summed E-state index contributed by atoms with van der Waals surface area (Å²) in [5.41, 5.74) is 3.68. The van der Waals surface area contributed by atoms with E-state index in [1.807, 2.05) is 38.1 Å². The number of ether oxygens (including phenoxy) is 2. The summed E-state index contributed by atoms with van der Waals surface area (Å²) >= 11 is 6.25. The third-order valence-electron chi connectivity index (χ3n) is 4.08. The van der Waals surface area contributed by atoms with E-state index in [4.69, 9.17) is 21.1 Å². The van der Waals surface area contributed by atoms with E-state index >= 15 is 0 Å². The Hall–Kier alpha value is -2.79. The summed E-state index contributed by atoms with van der Waals surface area (Å²) < 4.78 is 10.6. The molecule has 1 aliphatic heterocycles. The molecule has 0 bridgehead atoms. The number of rotatable bonds is 4. The number of nitrogens with zero attached hydrogens (tertiary/aromatic N) is 2. The van der Waals surface area contributed by atoms with E-state index in [0.717, 1.165) is 16.8 Å². The number of halogens is 1. The fraction of sp³-hybridized carbons (Fsp3) is 0.200. The van der Waals surface area contributed by atoms with Gasteiger partial charge in [-0.15, -0.1) is 0 Å². The molecule has 1 aliphatic rings. The first-order chi connectivity index (χ1) is 12.4. The molecular weight excluding hydrogens is 352 g/mol. The molecule has 134 valence electrons. The summed E-state index contributed by atoms with van der Waals surface area (Å²) in [4.78, 5) is 12.8. The lowest BCUT2D eigenvalue weighted by atomic mass is 10.1. The standard InChI is InChI=1S/C20H19ClN2O3/c1-12-6-5-7-15(8-12)23-20(24)16(13(2)22-23)9-14-10-17(21)19(26-4)18(11-14)25-3/h5-11H,1-4H3/b16-9-. The molecule has 0 saturated heterocycles. The average Bonchev–Trinajstić information content (AvgIpc) is 2.89. The van der Waals surface area contributed by atoms with Crippen LogP contribution in [0.3, 0.4) is 0 Å². The minimum atomic E-state index is -0.181. The lowest BCUT2D eigenvalue weighted by Gasteiger charge is -2.12. The van der Waals surface area contributed by atoms with Gasteiger partial charge in [-0.25, -0.2) is 0 Å². The molecular formula is C20H19ClN2O3. The van der Waals surface area contributed by atoms with Crippen LogP contribution in [0.25, 0.3) is 6.08 Å². The predicted octanol–water partition coefficient (Wildman–Crippen LogP) is 4.47. The molecule has 6 heteroatoms. The Bertz CT molecular complexity index is 935. The molecule has 1 heterocycles. The molecule has 1 amide bonds. The first kappa shape index (κ1) is 18.0. The maximum atomic E-state index is 12.8. The van der Waals surface area contributed by atoms with Crippen molar-refractivity contribution in [3.63, 3.8) is 0 Å². The fourth-order valence-electron chi connectivity index (χ4n) is 2.81. The number of aryl methyl sites for hydroxylation is 1. The van der Waals surface area contributed by atoms with Gasteiger partial charge in [-0.05, 0) is 55.3 Å². The molecule has 2 aromatic rings. The van der Waals surface area contributed by atoms with Crippen LogP contribution in [0.1, 0.15) is 18.1 Å². The van der Waals surface area contributed by atoms with Crippen LogP contribution in [-0.2, 0) is 4.79 Å². The van der Waals surface area contributed by atoms with Crippen molar-refractivity contribution in [1.82, 2.24) is 0 Å². The monoisotopic (exact) mass is 370 g/mol. The number of amides is 1. The van der Waals surface area contributed by atoms with E-state index in [2.05, 4.69) is 5.10 Å². The lowest BCUT2D eigenvalue weighted by molar-refractivity contribution is -0.114. The second-order valence-corrected chi connectivity index (χ2v) is 6.34. The summed E-state index contributed by atoms with van der Waals surface area (Å²) in [5, 5.41) is 6.23. The van der Waals surface area contributed by atoms with Crippen LogP contribution in [0, 0.1) is 6.92 Å². The third-order valence-corrected chi connectivity index (χ3v) is 4.36. The van der Waals surface area contributed by atoms with Gasteiger partial charge in [0.2, 0.25) is 0 Å². The van der Waals surface area contributed by atoms with Crippen molar-refractivity contribution in [2.45, 2.75) is 13.8 Å². The van der Waals surface area contributed by atoms with Gasteiger partial charge < -0.3 is 9.47 Å². The number of hydrogen-bond acceptors (Lipinski definition) is 4. The Kier molecular flexibility index (Phi) is 5.00. The first-order valence-corrected chi connectivity index (χ1v) is 8.42. The minimum absolute atomic E-state index is 0.181. The summed E-state index contributed by atoms with van der Waals surface area (Å²) in [7, 11) is 3.07. The van der Waals surface area contributed by atoms with Gasteiger partial charge in [0.1, 0.15) is 0 Å². The highest BCUT2D eigenvalue weighted by molar-refractivity contribution is 6.33. The first-order valence-electron chi connectivity index (χ1n) is 8.04. The third kappa shape index (κ3) is 3.30. The zero-order valence-corrected chi connectivity index (χ0v) is 15.8. The van der Waals surface area contributed by atoms with Crippen LogP contribution in [-0.4, -0.2) is 25.8 Å². The molecule has 0 N–H and O–H groups in total. The van der Waals surface area contributed by atoms with Crippen LogP contribution < -0.4 is 14.5 Å². The maximum absolute atomic E-state index is 12.8. The van der Waals surface area contributed by atoms with Gasteiger partial charge in [-0.3, -0.25) is 4.79 Å². The van der Waals surface area contributed by atoms with Gasteiger partial charge in [-0.2, -0.15) is 10.1 Å². The normalized spacial score (nSPS) is 15.4. The quantitative estimate of drug-likeness (QED) is 0.746. The van der Waals surface area contributed by atoms with E-state index in [9.17, 15) is 4.79 Å². The predicted molar refractivity (Wildman–Crippen MR) is 104 cm³/mol. The number of hydrogen-bond donors (Lipinski definition) is 0. The van der Waals surface area contributed by atoms with Crippen molar-refractivity contribution in [2.75, 3.05) is 19.2 Å². The van der Waals surface area contributed by atoms with E-state index in [1.54, 1.807) is 18.2 Å². The van der Waals surface area contributed by atoms with Gasteiger partial charge in [0.25, 0.3) is 5.91 Å². The highest BCUT2D eigenvalue weighted by Crippen LogP contribution is 2.37. The highest BCUT2D eigenvalue weighted by Gasteiger charge is 2.28. The molecule has 0 fully saturated rings. The summed E-state index contributed by atoms with van der Waals surface area (Å²) in [6.45, 7) is 3.78. The fourth-order valence-corrected chi connectivity index (χ4v) is 3.10. The SMILES string of the molecule is COc1cc(/C=C2\C(=O)N(c3cccc(C)c3)N=C2C)cc(Cl)c1OC. The van der Waals surface area contributed by atoms with E-state index in [-0.39, 0.29) is 5.91 Å². The largest absolute Gasteiger partial charge is 0.493 e. The summed E-state index contributed by atoms with van der Waals surface area (Å²) in [5.74, 6) is 0.780. The Morgan fingerprint density at radius 3 is 2.54 bits per heavy atom. The molecule has 0 unspecified atom stereocenters. The van der Waals surface area contributed by atoms with E-state index in [1.165, 1.54) is 19.2 Å². The zero-order valence-electron chi connectivity index (χ0n) is 15.0. The topological polar surface area (TPSA) is 51.1 Å². The van der Waals surface area contributed by atoms with E-state index in [0.29, 0.717) is 27.8 Å². The Morgan fingerprint density at radius 1 is 1.12 bits per heavy atom. The van der Waals surface area contributed by atoms with Crippen molar-refractivity contribution >= 4 is 35.0 Å². The molecule has 0 atom stereocenters. The number of anilines is 1. The van der Waals surface area contributed by atoms with Crippen molar-refractivity contribution in [2.24, 2.45) is 5.10 Å². The number of hydrazone groups is 1. The van der Waals surface area contributed by atoms with Crippen molar-refractivity contribution in [3.8, 4) is 11.5 Å². The van der Waals surface area contributed by atoms with E-state index < -0.39 is 0 Å². The number of carbonyl (C=O) groups excluding carboxylic acids is 1. The minimum Gasteiger partial charge on any atom is -0.493 e. The van der Waals surface area contributed by atoms with Gasteiger partial charge in [0, 0.05) is 0 Å². The number of methoxy groups -OCH3 is 2. The van der Waals surface area contributed by atoms with Crippen molar-refractivity contribution in [1.29, 1.82) is 0 Å². The number of carbonyl (C=O) groups is 1. The molecule has 5 nitrogen and oxygen atoms in total. The smallest absolute Gasteiger partial charge is 0.280 e. The molecule has 0 radical (unpaired) electrons. The van der Waals surface area contributed by atoms with Crippen LogP contribution in [0.15, 0.2) is 47.1 Å².